The van der Waals surface area contributed by atoms with Gasteiger partial charge in [0, 0.05) is 12.8 Å². The summed E-state index contributed by atoms with van der Waals surface area (Å²) in [6.07, 6.45) is 25.5. The second kappa shape index (κ2) is 34.2. The lowest BCUT2D eigenvalue weighted by Gasteiger charge is -2.38. The first kappa shape index (κ1) is 50.0. The molecule has 316 valence electrons. The van der Waals surface area contributed by atoms with E-state index in [9.17, 15) is 34.8 Å². The predicted octanol–water partition coefficient (Wildman–Crippen LogP) is 8.87. The monoisotopic (exact) mass is 771 g/mol. The molecule has 4 N–H and O–H groups in total. The van der Waals surface area contributed by atoms with Crippen molar-refractivity contribution in [2.75, 3.05) is 13.2 Å². The zero-order chi connectivity index (χ0) is 39.7. The minimum atomic E-state index is -1.86. The smallest absolute Gasteiger partial charge is 0.335 e. The molecule has 6 unspecified atom stereocenters. The molecule has 11 heteroatoms. The number of unbranched alkanes of at least 4 members (excludes halogenated alkanes) is 23. The zero-order valence-electron chi connectivity index (χ0n) is 34.0. The van der Waals surface area contributed by atoms with Gasteiger partial charge in [0.1, 0.15) is 24.9 Å². The molecule has 0 aliphatic carbocycles. The summed E-state index contributed by atoms with van der Waals surface area (Å²) in [5, 5.41) is 39.7. The highest BCUT2D eigenvalue weighted by Gasteiger charge is 2.47. The second-order valence-electron chi connectivity index (χ2n) is 15.2. The van der Waals surface area contributed by atoms with Gasteiger partial charge in [-0.2, -0.15) is 0 Å². The van der Waals surface area contributed by atoms with Crippen molar-refractivity contribution < 1.29 is 53.8 Å². The van der Waals surface area contributed by atoms with Crippen LogP contribution in [0.25, 0.3) is 0 Å². The van der Waals surface area contributed by atoms with Gasteiger partial charge in [-0.3, -0.25) is 9.59 Å². The number of carboxylic acid groups (broad SMARTS) is 1. The molecule has 6 atom stereocenters. The van der Waals surface area contributed by atoms with Crippen molar-refractivity contribution in [1.82, 2.24) is 0 Å². The van der Waals surface area contributed by atoms with Crippen LogP contribution in [0.5, 0.6) is 0 Å². The molecule has 11 nitrogen and oxygen atoms in total. The molecule has 54 heavy (non-hydrogen) atoms. The lowest BCUT2D eigenvalue weighted by atomic mass is 9.99. The molecule has 1 fully saturated rings. The highest BCUT2D eigenvalue weighted by Crippen LogP contribution is 2.23. The van der Waals surface area contributed by atoms with E-state index in [0.29, 0.717) is 12.8 Å². The van der Waals surface area contributed by atoms with Crippen LogP contribution in [0.2, 0.25) is 0 Å². The summed E-state index contributed by atoms with van der Waals surface area (Å²) in [6, 6.07) is 0. The highest BCUT2D eigenvalue weighted by molar-refractivity contribution is 5.73. The van der Waals surface area contributed by atoms with Crippen molar-refractivity contribution in [3.8, 4) is 0 Å². The van der Waals surface area contributed by atoms with E-state index in [2.05, 4.69) is 26.0 Å². The Kier molecular flexibility index (Phi) is 31.7. The van der Waals surface area contributed by atoms with E-state index >= 15 is 0 Å². The number of aliphatic carboxylic acids is 1. The second-order valence-corrected chi connectivity index (χ2v) is 15.2. The number of aliphatic hydroxyl groups excluding tert-OH is 3. The number of rotatable bonds is 36. The average Bonchev–Trinajstić information content (AvgIpc) is 3.15. The molecule has 1 aliphatic heterocycles. The van der Waals surface area contributed by atoms with Gasteiger partial charge in [0.25, 0.3) is 0 Å². The van der Waals surface area contributed by atoms with Gasteiger partial charge in [0.05, 0.1) is 6.61 Å². The Morgan fingerprint density at radius 1 is 0.556 bits per heavy atom. The topological polar surface area (TPSA) is 169 Å². The van der Waals surface area contributed by atoms with Crippen LogP contribution < -0.4 is 0 Å². The Hall–Kier alpha value is -2.05. The summed E-state index contributed by atoms with van der Waals surface area (Å²) in [5.74, 6) is -2.45. The molecule has 1 aliphatic rings. The predicted molar refractivity (Wildman–Crippen MR) is 211 cm³/mol. The van der Waals surface area contributed by atoms with Gasteiger partial charge in [0.15, 0.2) is 18.5 Å². The highest BCUT2D eigenvalue weighted by atomic mass is 16.7. The van der Waals surface area contributed by atoms with Gasteiger partial charge in [-0.1, -0.05) is 154 Å². The Morgan fingerprint density at radius 2 is 0.981 bits per heavy atom. The van der Waals surface area contributed by atoms with Crippen molar-refractivity contribution >= 4 is 17.9 Å². The van der Waals surface area contributed by atoms with Gasteiger partial charge >= 0.3 is 17.9 Å². The van der Waals surface area contributed by atoms with Crippen molar-refractivity contribution in [2.45, 2.75) is 230 Å². The maximum absolute atomic E-state index is 12.7. The Morgan fingerprint density at radius 3 is 1.44 bits per heavy atom. The Labute approximate surface area is 326 Å². The fraction of sp³-hybridized carbons (Fsp3) is 0.884. The standard InChI is InChI=1S/C43H78O11/c1-3-5-7-9-11-13-15-17-18-19-20-22-23-25-27-29-31-36(44)51-33-35(34-52-43-40(48)38(46)39(47)41(54-43)42(49)50)53-37(45)32-30-28-26-24-21-16-14-12-10-8-6-4-2/h18-19,35,38-41,43,46-48H,3-17,20-34H2,1-2H3,(H,49,50)/b19-18-. The quantitative estimate of drug-likeness (QED) is 0.0273. The number of ether oxygens (including phenoxy) is 4. The molecule has 0 amide bonds. The van der Waals surface area contributed by atoms with E-state index in [1.54, 1.807) is 0 Å². The molecule has 1 heterocycles. The van der Waals surface area contributed by atoms with E-state index in [1.807, 2.05) is 0 Å². The minimum Gasteiger partial charge on any atom is -0.479 e. The number of allylic oxidation sites excluding steroid dienone is 2. The van der Waals surface area contributed by atoms with Crippen molar-refractivity contribution in [1.29, 1.82) is 0 Å². The van der Waals surface area contributed by atoms with Crippen LogP contribution in [-0.2, 0) is 33.3 Å². The summed E-state index contributed by atoms with van der Waals surface area (Å²) in [4.78, 5) is 36.7. The van der Waals surface area contributed by atoms with Crippen LogP contribution in [0.1, 0.15) is 194 Å². The van der Waals surface area contributed by atoms with E-state index < -0.39 is 54.7 Å². The maximum Gasteiger partial charge on any atom is 0.335 e. The first-order valence-corrected chi connectivity index (χ1v) is 21.7. The Balaban J connectivity index is 2.38. The summed E-state index contributed by atoms with van der Waals surface area (Å²) < 4.78 is 21.7. The van der Waals surface area contributed by atoms with E-state index in [0.717, 1.165) is 57.8 Å². The van der Waals surface area contributed by atoms with E-state index in [1.165, 1.54) is 96.3 Å². The van der Waals surface area contributed by atoms with E-state index in [4.69, 9.17) is 18.9 Å². The first-order chi connectivity index (χ1) is 26.2. The average molecular weight is 771 g/mol. The number of carbonyl (C=O) groups is 3. The van der Waals surface area contributed by atoms with E-state index in [-0.39, 0.29) is 26.1 Å². The molecule has 0 aromatic carbocycles. The number of hydrogen-bond donors (Lipinski definition) is 4. The molecular formula is C43H78O11. The van der Waals surface area contributed by atoms with Gasteiger partial charge in [-0.05, 0) is 38.5 Å². The van der Waals surface area contributed by atoms with Crippen LogP contribution in [0.3, 0.4) is 0 Å². The lowest BCUT2D eigenvalue weighted by molar-refractivity contribution is -0.298. The molecule has 0 radical (unpaired) electrons. The van der Waals surface area contributed by atoms with Gasteiger partial charge < -0.3 is 39.4 Å². The summed E-state index contributed by atoms with van der Waals surface area (Å²) in [6.45, 7) is 3.80. The minimum absolute atomic E-state index is 0.186. The largest absolute Gasteiger partial charge is 0.479 e. The summed E-state index contributed by atoms with van der Waals surface area (Å²) in [5.41, 5.74) is 0. The van der Waals surface area contributed by atoms with Crippen molar-refractivity contribution in [3.05, 3.63) is 12.2 Å². The lowest BCUT2D eigenvalue weighted by Crippen LogP contribution is -2.60. The normalized spacial score (nSPS) is 20.6. The number of hydrogen-bond acceptors (Lipinski definition) is 10. The zero-order valence-corrected chi connectivity index (χ0v) is 34.0. The molecular weight excluding hydrogens is 692 g/mol. The van der Waals surface area contributed by atoms with Gasteiger partial charge in [-0.25, -0.2) is 4.79 Å². The third-order valence-corrected chi connectivity index (χ3v) is 10.1. The fourth-order valence-corrected chi connectivity index (χ4v) is 6.64. The molecule has 0 saturated carbocycles. The fourth-order valence-electron chi connectivity index (χ4n) is 6.64. The first-order valence-electron chi connectivity index (χ1n) is 21.7. The van der Waals surface area contributed by atoms with Crippen LogP contribution >= 0.6 is 0 Å². The number of carbonyl (C=O) groups excluding carboxylic acids is 2. The van der Waals surface area contributed by atoms with Crippen LogP contribution in [0, 0.1) is 0 Å². The third-order valence-electron chi connectivity index (χ3n) is 10.1. The molecule has 0 aromatic heterocycles. The molecule has 0 bridgehead atoms. The number of aliphatic hydroxyl groups is 3. The Bertz CT molecular complexity index is 958. The maximum atomic E-state index is 12.7. The molecule has 1 saturated heterocycles. The molecule has 0 spiro atoms. The molecule has 0 aromatic rings. The van der Waals surface area contributed by atoms with Crippen LogP contribution in [0.15, 0.2) is 12.2 Å². The number of esters is 2. The van der Waals surface area contributed by atoms with Gasteiger partial charge in [0.2, 0.25) is 0 Å². The van der Waals surface area contributed by atoms with Crippen LogP contribution in [0.4, 0.5) is 0 Å². The summed E-state index contributed by atoms with van der Waals surface area (Å²) in [7, 11) is 0. The molecule has 1 rings (SSSR count). The third kappa shape index (κ3) is 25.9. The summed E-state index contributed by atoms with van der Waals surface area (Å²) >= 11 is 0. The van der Waals surface area contributed by atoms with Crippen molar-refractivity contribution in [2.24, 2.45) is 0 Å². The number of carboxylic acids is 1. The SMILES string of the molecule is CCCCCCCCC/C=C\CCCCCCCC(=O)OCC(COC1OC(C(=O)O)C(O)C(O)C1O)OC(=O)CCCCCCCCCCCCCC. The van der Waals surface area contributed by atoms with Gasteiger partial charge in [-0.15, -0.1) is 0 Å². The van der Waals surface area contributed by atoms with Crippen molar-refractivity contribution in [3.63, 3.8) is 0 Å². The van der Waals surface area contributed by atoms with Crippen LogP contribution in [-0.4, -0.2) is 88.4 Å².